The molecule has 1 aliphatic rings. The van der Waals surface area contributed by atoms with Gasteiger partial charge < -0.3 is 15.0 Å². The fourth-order valence-electron chi connectivity index (χ4n) is 2.83. The lowest BCUT2D eigenvalue weighted by Crippen LogP contribution is -2.43. The lowest BCUT2D eigenvalue weighted by atomic mass is 10.1. The molecule has 1 unspecified atom stereocenters. The lowest BCUT2D eigenvalue weighted by Gasteiger charge is -2.24. The molecule has 5 heteroatoms. The Morgan fingerprint density at radius 2 is 2.18 bits per heavy atom. The van der Waals surface area contributed by atoms with Gasteiger partial charge in [-0.3, -0.25) is 9.59 Å². The third kappa shape index (κ3) is 3.59. The van der Waals surface area contributed by atoms with Gasteiger partial charge in [0, 0.05) is 13.0 Å². The van der Waals surface area contributed by atoms with Gasteiger partial charge >= 0.3 is 0 Å². The first-order valence-electron chi connectivity index (χ1n) is 7.81. The average Bonchev–Trinajstić information content (AvgIpc) is 2.97. The van der Waals surface area contributed by atoms with E-state index in [1.54, 1.807) is 12.0 Å². The van der Waals surface area contributed by atoms with Crippen molar-refractivity contribution in [2.45, 2.75) is 45.6 Å². The van der Waals surface area contributed by atoms with Crippen molar-refractivity contribution in [1.29, 1.82) is 0 Å². The van der Waals surface area contributed by atoms with Gasteiger partial charge in [-0.2, -0.15) is 0 Å². The molecule has 120 valence electrons. The Morgan fingerprint density at radius 3 is 2.86 bits per heavy atom. The molecule has 1 aliphatic heterocycles. The second-order valence-corrected chi connectivity index (χ2v) is 5.69. The van der Waals surface area contributed by atoms with Crippen molar-refractivity contribution in [3.05, 3.63) is 23.8 Å². The SMILES string of the molecule is CCCC(=O)N1CCCC1C(=O)Nc1cc(C)ccc1OC. The van der Waals surface area contributed by atoms with Crippen molar-refractivity contribution in [2.24, 2.45) is 0 Å². The van der Waals surface area contributed by atoms with Crippen LogP contribution in [-0.4, -0.2) is 36.4 Å². The highest BCUT2D eigenvalue weighted by Crippen LogP contribution is 2.27. The summed E-state index contributed by atoms with van der Waals surface area (Å²) in [6, 6.07) is 5.27. The van der Waals surface area contributed by atoms with Crippen molar-refractivity contribution in [3.8, 4) is 5.75 Å². The first-order valence-corrected chi connectivity index (χ1v) is 7.81. The van der Waals surface area contributed by atoms with Crippen molar-refractivity contribution < 1.29 is 14.3 Å². The molecule has 1 aromatic carbocycles. The van der Waals surface area contributed by atoms with Crippen molar-refractivity contribution in [1.82, 2.24) is 4.90 Å². The summed E-state index contributed by atoms with van der Waals surface area (Å²) in [6.45, 7) is 4.60. The summed E-state index contributed by atoms with van der Waals surface area (Å²) in [4.78, 5) is 26.4. The molecule has 5 nitrogen and oxygen atoms in total. The fourth-order valence-corrected chi connectivity index (χ4v) is 2.83. The maximum atomic E-state index is 12.6. The van der Waals surface area contributed by atoms with Gasteiger partial charge in [-0.1, -0.05) is 13.0 Å². The quantitative estimate of drug-likeness (QED) is 0.910. The summed E-state index contributed by atoms with van der Waals surface area (Å²) < 4.78 is 5.28. The molecule has 0 spiro atoms. The third-order valence-corrected chi connectivity index (χ3v) is 3.95. The summed E-state index contributed by atoms with van der Waals surface area (Å²) in [5.74, 6) is 0.561. The van der Waals surface area contributed by atoms with E-state index in [4.69, 9.17) is 4.74 Å². The normalized spacial score (nSPS) is 17.4. The lowest BCUT2D eigenvalue weighted by molar-refractivity contribution is -0.136. The molecule has 1 fully saturated rings. The van der Waals surface area contributed by atoms with Crippen LogP contribution in [0.4, 0.5) is 5.69 Å². The molecule has 1 aromatic rings. The number of likely N-dealkylation sites (tertiary alicyclic amines) is 1. The molecule has 22 heavy (non-hydrogen) atoms. The number of nitrogens with zero attached hydrogens (tertiary/aromatic N) is 1. The molecule has 0 saturated carbocycles. The van der Waals surface area contributed by atoms with E-state index < -0.39 is 0 Å². The molecule has 0 bridgehead atoms. The number of nitrogens with one attached hydrogen (secondary N) is 1. The minimum absolute atomic E-state index is 0.0661. The summed E-state index contributed by atoms with van der Waals surface area (Å²) >= 11 is 0. The van der Waals surface area contributed by atoms with Gasteiger partial charge in [0.25, 0.3) is 0 Å². The first-order chi connectivity index (χ1) is 10.6. The predicted octanol–water partition coefficient (Wildman–Crippen LogP) is 2.73. The number of aryl methyl sites for hydroxylation is 1. The van der Waals surface area contributed by atoms with Gasteiger partial charge in [0.15, 0.2) is 0 Å². The standard InChI is InChI=1S/C17H24N2O3/c1-4-6-16(20)19-10-5-7-14(19)17(21)18-13-11-12(2)8-9-15(13)22-3/h8-9,11,14H,4-7,10H2,1-3H3,(H,18,21). The van der Waals surface area contributed by atoms with Crippen LogP contribution in [0.25, 0.3) is 0 Å². The van der Waals surface area contributed by atoms with Gasteiger partial charge in [-0.15, -0.1) is 0 Å². The number of rotatable bonds is 5. The molecule has 1 saturated heterocycles. The number of carbonyl (C=O) groups excluding carboxylic acids is 2. The molecule has 2 amide bonds. The Hall–Kier alpha value is -2.04. The summed E-state index contributed by atoms with van der Waals surface area (Å²) in [6.07, 6.45) is 2.89. The topological polar surface area (TPSA) is 58.6 Å². The van der Waals surface area contributed by atoms with Gasteiger partial charge in [-0.05, 0) is 43.9 Å². The third-order valence-electron chi connectivity index (χ3n) is 3.95. The van der Waals surface area contributed by atoms with Gasteiger partial charge in [-0.25, -0.2) is 0 Å². The van der Waals surface area contributed by atoms with E-state index in [1.807, 2.05) is 32.0 Å². The van der Waals surface area contributed by atoms with E-state index in [0.717, 1.165) is 24.8 Å². The smallest absolute Gasteiger partial charge is 0.247 e. The number of benzene rings is 1. The molecule has 1 atom stereocenters. The molecule has 0 aliphatic carbocycles. The van der Waals surface area contributed by atoms with E-state index in [2.05, 4.69) is 5.32 Å². The maximum Gasteiger partial charge on any atom is 0.247 e. The average molecular weight is 304 g/mol. The van der Waals surface area contributed by atoms with Crippen molar-refractivity contribution in [3.63, 3.8) is 0 Å². The Morgan fingerprint density at radius 1 is 1.41 bits per heavy atom. The van der Waals surface area contributed by atoms with Crippen LogP contribution >= 0.6 is 0 Å². The molecule has 0 aromatic heterocycles. The van der Waals surface area contributed by atoms with Crippen LogP contribution in [0.1, 0.15) is 38.2 Å². The van der Waals surface area contributed by atoms with E-state index in [1.165, 1.54) is 0 Å². The summed E-state index contributed by atoms with van der Waals surface area (Å²) in [7, 11) is 1.58. The highest BCUT2D eigenvalue weighted by atomic mass is 16.5. The Kier molecular flexibility index (Phi) is 5.41. The second-order valence-electron chi connectivity index (χ2n) is 5.69. The minimum atomic E-state index is -0.371. The number of anilines is 1. The van der Waals surface area contributed by atoms with Crippen LogP contribution in [0.15, 0.2) is 18.2 Å². The number of hydrogen-bond acceptors (Lipinski definition) is 3. The Labute approximate surface area is 131 Å². The largest absolute Gasteiger partial charge is 0.495 e. The Bertz CT molecular complexity index is 557. The fraction of sp³-hybridized carbons (Fsp3) is 0.529. The van der Waals surface area contributed by atoms with Gasteiger partial charge in [0.1, 0.15) is 11.8 Å². The zero-order valence-corrected chi connectivity index (χ0v) is 13.5. The number of hydrogen-bond donors (Lipinski definition) is 1. The zero-order chi connectivity index (χ0) is 16.1. The molecule has 1 heterocycles. The predicted molar refractivity (Wildman–Crippen MR) is 86.0 cm³/mol. The maximum absolute atomic E-state index is 12.6. The van der Waals surface area contributed by atoms with Crippen LogP contribution in [0.2, 0.25) is 0 Å². The minimum Gasteiger partial charge on any atom is -0.495 e. The highest BCUT2D eigenvalue weighted by molar-refractivity contribution is 5.98. The molecular weight excluding hydrogens is 280 g/mol. The van der Waals surface area contributed by atoms with Gasteiger partial charge in [0.2, 0.25) is 11.8 Å². The molecule has 0 radical (unpaired) electrons. The van der Waals surface area contributed by atoms with Crippen LogP contribution in [-0.2, 0) is 9.59 Å². The number of amides is 2. The van der Waals surface area contributed by atoms with Crippen LogP contribution in [0.5, 0.6) is 5.75 Å². The van der Waals surface area contributed by atoms with E-state index in [0.29, 0.717) is 24.4 Å². The molecule has 2 rings (SSSR count). The molecular formula is C17H24N2O3. The van der Waals surface area contributed by atoms with E-state index >= 15 is 0 Å². The van der Waals surface area contributed by atoms with E-state index in [9.17, 15) is 9.59 Å². The number of carbonyl (C=O) groups is 2. The second kappa shape index (κ2) is 7.29. The number of ether oxygens (including phenoxy) is 1. The summed E-state index contributed by atoms with van der Waals surface area (Å²) in [5.41, 5.74) is 1.70. The van der Waals surface area contributed by atoms with Crippen LogP contribution in [0.3, 0.4) is 0 Å². The van der Waals surface area contributed by atoms with Crippen molar-refractivity contribution in [2.75, 3.05) is 19.0 Å². The van der Waals surface area contributed by atoms with Crippen LogP contribution in [0, 0.1) is 6.92 Å². The Balaban J connectivity index is 2.11. The zero-order valence-electron chi connectivity index (χ0n) is 13.5. The number of methoxy groups -OCH3 is 1. The van der Waals surface area contributed by atoms with E-state index in [-0.39, 0.29) is 17.9 Å². The monoisotopic (exact) mass is 304 g/mol. The highest BCUT2D eigenvalue weighted by Gasteiger charge is 2.33. The van der Waals surface area contributed by atoms with Gasteiger partial charge in [0.05, 0.1) is 12.8 Å². The summed E-state index contributed by atoms with van der Waals surface area (Å²) in [5, 5.41) is 2.91. The first kappa shape index (κ1) is 16.3. The van der Waals surface area contributed by atoms with Crippen LogP contribution < -0.4 is 10.1 Å². The van der Waals surface area contributed by atoms with Crippen molar-refractivity contribution >= 4 is 17.5 Å². The molecule has 1 N–H and O–H groups in total.